The van der Waals surface area contributed by atoms with E-state index in [-0.39, 0.29) is 36.3 Å². The number of hydrogen-bond acceptors (Lipinski definition) is 4. The van der Waals surface area contributed by atoms with E-state index in [1.54, 1.807) is 12.1 Å². The maximum absolute atomic E-state index is 12.9. The Kier molecular flexibility index (Phi) is 11.6. The van der Waals surface area contributed by atoms with Gasteiger partial charge in [-0.15, -0.1) is 24.0 Å². The molecule has 1 aliphatic carbocycles. The molecular weight excluding hydrogens is 464 g/mol. The molecule has 0 saturated heterocycles. The minimum absolute atomic E-state index is 0. The first kappa shape index (κ1) is 23.9. The predicted octanol–water partition coefficient (Wildman–Crippen LogP) is 2.51. The SMILES string of the molecule is CCNC(=NCC(O)COCC1CC1)N(C)CCOc1ccc(F)cc1.I. The Hall–Kier alpha value is -1.13. The van der Waals surface area contributed by atoms with E-state index < -0.39 is 6.10 Å². The number of rotatable bonds is 11. The van der Waals surface area contributed by atoms with Crippen molar-refractivity contribution in [2.75, 3.05) is 46.5 Å². The summed E-state index contributed by atoms with van der Waals surface area (Å²) in [5, 5.41) is 13.2. The van der Waals surface area contributed by atoms with Gasteiger partial charge in [-0.05, 0) is 49.9 Å². The molecule has 0 aliphatic heterocycles. The van der Waals surface area contributed by atoms with Gasteiger partial charge in [0.05, 0.1) is 25.8 Å². The molecule has 0 aromatic heterocycles. The maximum Gasteiger partial charge on any atom is 0.193 e. The van der Waals surface area contributed by atoms with Gasteiger partial charge >= 0.3 is 0 Å². The maximum atomic E-state index is 12.9. The second-order valence-corrected chi connectivity index (χ2v) is 6.55. The van der Waals surface area contributed by atoms with Crippen molar-refractivity contribution in [2.45, 2.75) is 25.9 Å². The van der Waals surface area contributed by atoms with E-state index in [4.69, 9.17) is 9.47 Å². The third-order valence-corrected chi connectivity index (χ3v) is 4.02. The molecule has 8 heteroatoms. The van der Waals surface area contributed by atoms with E-state index in [0.717, 1.165) is 13.2 Å². The van der Waals surface area contributed by atoms with Crippen molar-refractivity contribution in [3.05, 3.63) is 30.1 Å². The molecule has 27 heavy (non-hydrogen) atoms. The van der Waals surface area contributed by atoms with Crippen LogP contribution in [0.1, 0.15) is 19.8 Å². The third-order valence-electron chi connectivity index (χ3n) is 4.02. The lowest BCUT2D eigenvalue weighted by Gasteiger charge is -2.22. The largest absolute Gasteiger partial charge is 0.492 e. The van der Waals surface area contributed by atoms with Crippen LogP contribution in [0.15, 0.2) is 29.3 Å². The Morgan fingerprint density at radius 3 is 2.70 bits per heavy atom. The number of benzene rings is 1. The Morgan fingerprint density at radius 2 is 2.07 bits per heavy atom. The lowest BCUT2D eigenvalue weighted by molar-refractivity contribution is 0.0367. The molecule has 1 atom stereocenters. The summed E-state index contributed by atoms with van der Waals surface area (Å²) in [5.41, 5.74) is 0. The summed E-state index contributed by atoms with van der Waals surface area (Å²) < 4.78 is 24.0. The molecule has 0 spiro atoms. The van der Waals surface area contributed by atoms with Gasteiger partial charge in [0.2, 0.25) is 0 Å². The summed E-state index contributed by atoms with van der Waals surface area (Å²) in [6, 6.07) is 5.95. The van der Waals surface area contributed by atoms with Crippen molar-refractivity contribution >= 4 is 29.9 Å². The third kappa shape index (κ3) is 10.1. The van der Waals surface area contributed by atoms with Crippen molar-refractivity contribution in [1.82, 2.24) is 10.2 Å². The summed E-state index contributed by atoms with van der Waals surface area (Å²) >= 11 is 0. The fraction of sp³-hybridized carbons (Fsp3) is 0.632. The monoisotopic (exact) mass is 495 g/mol. The van der Waals surface area contributed by atoms with Gasteiger partial charge in [-0.1, -0.05) is 0 Å². The van der Waals surface area contributed by atoms with Gasteiger partial charge in [0.15, 0.2) is 5.96 Å². The standard InChI is InChI=1S/C19H30FN3O3.HI/c1-3-21-19(22-12-17(24)14-25-13-15-4-5-15)23(2)10-11-26-18-8-6-16(20)7-9-18;/h6-9,15,17,24H,3-5,10-14H2,1-2H3,(H,21,22);1H. The van der Waals surface area contributed by atoms with Crippen molar-refractivity contribution in [3.63, 3.8) is 0 Å². The lowest BCUT2D eigenvalue weighted by atomic mass is 10.3. The zero-order valence-corrected chi connectivity index (χ0v) is 18.4. The summed E-state index contributed by atoms with van der Waals surface area (Å²) in [4.78, 5) is 6.40. The van der Waals surface area contributed by atoms with Crippen molar-refractivity contribution in [2.24, 2.45) is 10.9 Å². The topological polar surface area (TPSA) is 66.3 Å². The van der Waals surface area contributed by atoms with Gasteiger partial charge in [0, 0.05) is 20.2 Å². The van der Waals surface area contributed by atoms with E-state index in [1.807, 2.05) is 18.9 Å². The highest BCUT2D eigenvalue weighted by molar-refractivity contribution is 14.0. The van der Waals surface area contributed by atoms with E-state index in [9.17, 15) is 9.50 Å². The van der Waals surface area contributed by atoms with Crippen LogP contribution in [-0.2, 0) is 4.74 Å². The number of aliphatic hydroxyl groups excluding tert-OH is 1. The fourth-order valence-electron chi connectivity index (χ4n) is 2.31. The van der Waals surface area contributed by atoms with Crippen LogP contribution in [0.25, 0.3) is 0 Å². The number of hydrogen-bond donors (Lipinski definition) is 2. The molecule has 1 unspecified atom stereocenters. The smallest absolute Gasteiger partial charge is 0.193 e. The number of halogens is 2. The molecule has 1 aromatic rings. The number of likely N-dealkylation sites (N-methyl/N-ethyl adjacent to an activating group) is 1. The van der Waals surface area contributed by atoms with Crippen molar-refractivity contribution in [1.29, 1.82) is 0 Å². The van der Waals surface area contributed by atoms with Gasteiger partial charge in [-0.25, -0.2) is 4.39 Å². The molecule has 1 aromatic carbocycles. The minimum atomic E-state index is -0.605. The number of nitrogens with zero attached hydrogens (tertiary/aromatic N) is 2. The summed E-state index contributed by atoms with van der Waals surface area (Å²) in [6.45, 7) is 5.12. The molecule has 0 radical (unpaired) electrons. The molecule has 1 saturated carbocycles. The average Bonchev–Trinajstić information content (AvgIpc) is 3.44. The fourth-order valence-corrected chi connectivity index (χ4v) is 2.31. The van der Waals surface area contributed by atoms with Crippen LogP contribution in [-0.4, -0.2) is 68.6 Å². The molecule has 1 aliphatic rings. The van der Waals surface area contributed by atoms with Crippen LogP contribution in [0.3, 0.4) is 0 Å². The van der Waals surface area contributed by atoms with Crippen molar-refractivity contribution < 1.29 is 19.0 Å². The van der Waals surface area contributed by atoms with Gasteiger partial charge in [-0.2, -0.15) is 0 Å². The Balaban J connectivity index is 0.00000364. The quantitative estimate of drug-likeness (QED) is 0.281. The van der Waals surface area contributed by atoms with Gasteiger partial charge in [0.1, 0.15) is 18.2 Å². The van der Waals surface area contributed by atoms with Crippen LogP contribution in [0.2, 0.25) is 0 Å². The van der Waals surface area contributed by atoms with Crippen LogP contribution in [0, 0.1) is 11.7 Å². The van der Waals surface area contributed by atoms with E-state index in [0.29, 0.717) is 37.4 Å². The minimum Gasteiger partial charge on any atom is -0.492 e. The zero-order chi connectivity index (χ0) is 18.8. The number of guanidine groups is 1. The molecule has 0 bridgehead atoms. The second-order valence-electron chi connectivity index (χ2n) is 6.55. The molecule has 2 N–H and O–H groups in total. The Labute approximate surface area is 178 Å². The van der Waals surface area contributed by atoms with Crippen LogP contribution in [0.4, 0.5) is 4.39 Å². The van der Waals surface area contributed by atoms with Crippen LogP contribution < -0.4 is 10.1 Å². The van der Waals surface area contributed by atoms with E-state index in [2.05, 4.69) is 10.3 Å². The van der Waals surface area contributed by atoms with Gasteiger partial charge < -0.3 is 24.8 Å². The Bertz CT molecular complexity index is 556. The normalized spacial score (nSPS) is 15.0. The number of aliphatic imine (C=N–C) groups is 1. The molecule has 0 heterocycles. The zero-order valence-electron chi connectivity index (χ0n) is 16.1. The lowest BCUT2D eigenvalue weighted by Crippen LogP contribution is -2.41. The predicted molar refractivity (Wildman–Crippen MR) is 115 cm³/mol. The van der Waals surface area contributed by atoms with E-state index in [1.165, 1.54) is 25.0 Å². The summed E-state index contributed by atoms with van der Waals surface area (Å²) in [5.74, 6) is 1.74. The highest BCUT2D eigenvalue weighted by Crippen LogP contribution is 2.28. The highest BCUT2D eigenvalue weighted by atomic mass is 127. The number of ether oxygens (including phenoxy) is 2. The van der Waals surface area contributed by atoms with Crippen LogP contribution in [0.5, 0.6) is 5.75 Å². The van der Waals surface area contributed by atoms with Crippen molar-refractivity contribution in [3.8, 4) is 5.75 Å². The highest BCUT2D eigenvalue weighted by Gasteiger charge is 2.21. The molecule has 0 amide bonds. The first-order chi connectivity index (χ1) is 12.6. The molecule has 6 nitrogen and oxygen atoms in total. The molecule has 2 rings (SSSR count). The molecule has 1 fully saturated rings. The number of aliphatic hydroxyl groups is 1. The summed E-state index contributed by atoms with van der Waals surface area (Å²) in [7, 11) is 1.91. The van der Waals surface area contributed by atoms with Gasteiger partial charge in [0.25, 0.3) is 0 Å². The Morgan fingerprint density at radius 1 is 1.37 bits per heavy atom. The average molecular weight is 495 g/mol. The number of nitrogens with one attached hydrogen (secondary N) is 1. The van der Waals surface area contributed by atoms with Crippen LogP contribution >= 0.6 is 24.0 Å². The van der Waals surface area contributed by atoms with E-state index >= 15 is 0 Å². The first-order valence-electron chi connectivity index (χ1n) is 9.22. The second kappa shape index (κ2) is 13.1. The molecular formula is C19H31FIN3O3. The first-order valence-corrected chi connectivity index (χ1v) is 9.22. The van der Waals surface area contributed by atoms with Gasteiger partial charge in [-0.3, -0.25) is 4.99 Å². The molecule has 154 valence electrons. The summed E-state index contributed by atoms with van der Waals surface area (Å²) in [6.07, 6.45) is 1.87.